The molecule has 1 unspecified atom stereocenters. The van der Waals surface area contributed by atoms with E-state index in [0.29, 0.717) is 59.0 Å². The summed E-state index contributed by atoms with van der Waals surface area (Å²) in [4.78, 5) is 46.8. The van der Waals surface area contributed by atoms with Gasteiger partial charge in [0.15, 0.2) is 0 Å². The minimum Gasteiger partial charge on any atom is -0.379 e. The highest BCUT2D eigenvalue weighted by molar-refractivity contribution is 6.34. The number of nitrogens with zero attached hydrogens (tertiary/aromatic N) is 1. The van der Waals surface area contributed by atoms with Crippen molar-refractivity contribution in [1.29, 1.82) is 0 Å². The number of aryl methyl sites for hydroxylation is 1. The normalized spacial score (nSPS) is 23.4. The van der Waals surface area contributed by atoms with Crippen LogP contribution in [0.1, 0.15) is 39.3 Å². The highest BCUT2D eigenvalue weighted by Gasteiger charge is 2.40. The van der Waals surface area contributed by atoms with Gasteiger partial charge in [-0.1, -0.05) is 0 Å². The Morgan fingerprint density at radius 2 is 2.09 bits per heavy atom. The Bertz CT molecular complexity index is 1200. The van der Waals surface area contributed by atoms with Crippen LogP contribution in [0.15, 0.2) is 18.2 Å². The van der Waals surface area contributed by atoms with Crippen LogP contribution < -0.4 is 10.6 Å². The molecule has 0 aliphatic carbocycles. The van der Waals surface area contributed by atoms with Crippen molar-refractivity contribution < 1.29 is 28.3 Å². The Morgan fingerprint density at radius 3 is 2.85 bits per heavy atom. The number of aromatic amines is 1. The van der Waals surface area contributed by atoms with E-state index in [1.54, 1.807) is 19.9 Å². The maximum absolute atomic E-state index is 13.7. The van der Waals surface area contributed by atoms with Gasteiger partial charge in [0.05, 0.1) is 23.8 Å². The van der Waals surface area contributed by atoms with Gasteiger partial charge < -0.3 is 20.4 Å². The first-order valence-electron chi connectivity index (χ1n) is 10.7. The van der Waals surface area contributed by atoms with Crippen LogP contribution in [-0.4, -0.2) is 59.7 Å². The summed E-state index contributed by atoms with van der Waals surface area (Å²) >= 11 is 0. The lowest BCUT2D eigenvalue weighted by Crippen LogP contribution is -2.45. The smallest absolute Gasteiger partial charge is 0.271 e. The van der Waals surface area contributed by atoms with Gasteiger partial charge in [0.25, 0.3) is 17.7 Å². The molecule has 9 nitrogen and oxygen atoms in total. The number of hydrogen-bond donors (Lipinski definition) is 3. The fraction of sp³-hybridized carbons (Fsp3) is 0.348. The SMILES string of the molecule is Cc1[nH]c(/C=C2\C(=O)Nc3ccc(F)cc32)c(C)c1C(=O)N[C@@H]1CON(C2CCOC2)C1=O. The number of hydroxylamine groups is 2. The Labute approximate surface area is 188 Å². The lowest BCUT2D eigenvalue weighted by molar-refractivity contribution is -0.173. The van der Waals surface area contributed by atoms with Crippen LogP contribution in [0.5, 0.6) is 0 Å². The van der Waals surface area contributed by atoms with Crippen LogP contribution in [0.3, 0.4) is 0 Å². The van der Waals surface area contributed by atoms with Gasteiger partial charge in [0.1, 0.15) is 18.5 Å². The second-order valence-corrected chi connectivity index (χ2v) is 8.37. The number of halogens is 1. The van der Waals surface area contributed by atoms with Gasteiger partial charge in [-0.05, 0) is 50.1 Å². The molecule has 1 aromatic carbocycles. The molecule has 0 spiro atoms. The van der Waals surface area contributed by atoms with Gasteiger partial charge >= 0.3 is 0 Å². The molecule has 3 aliphatic heterocycles. The quantitative estimate of drug-likeness (QED) is 0.611. The van der Waals surface area contributed by atoms with Crippen LogP contribution >= 0.6 is 0 Å². The number of ether oxygens (including phenoxy) is 1. The van der Waals surface area contributed by atoms with E-state index in [4.69, 9.17) is 9.57 Å². The van der Waals surface area contributed by atoms with E-state index in [0.717, 1.165) is 0 Å². The van der Waals surface area contributed by atoms with Crippen molar-refractivity contribution in [3.63, 3.8) is 0 Å². The molecule has 10 heteroatoms. The lowest BCUT2D eigenvalue weighted by atomic mass is 10.0. The Hall–Kier alpha value is -3.50. The van der Waals surface area contributed by atoms with E-state index in [-0.39, 0.29) is 24.5 Å². The van der Waals surface area contributed by atoms with E-state index in [9.17, 15) is 18.8 Å². The van der Waals surface area contributed by atoms with Crippen molar-refractivity contribution in [1.82, 2.24) is 15.4 Å². The number of H-pyrrole nitrogens is 1. The molecule has 2 fully saturated rings. The molecule has 0 saturated carbocycles. The van der Waals surface area contributed by atoms with E-state index in [1.165, 1.54) is 23.3 Å². The van der Waals surface area contributed by atoms with Crippen molar-refractivity contribution in [2.75, 3.05) is 25.1 Å². The summed E-state index contributed by atoms with van der Waals surface area (Å²) < 4.78 is 19.0. The molecule has 2 saturated heterocycles. The molecule has 1 aromatic heterocycles. The fourth-order valence-corrected chi connectivity index (χ4v) is 4.48. The molecule has 5 rings (SSSR count). The largest absolute Gasteiger partial charge is 0.379 e. The number of benzene rings is 1. The van der Waals surface area contributed by atoms with Gasteiger partial charge in [-0.25, -0.2) is 9.45 Å². The van der Waals surface area contributed by atoms with Crippen molar-refractivity contribution in [2.24, 2.45) is 0 Å². The summed E-state index contributed by atoms with van der Waals surface area (Å²) in [5.41, 5.74) is 3.43. The first-order valence-corrected chi connectivity index (χ1v) is 10.7. The lowest BCUT2D eigenvalue weighted by Gasteiger charge is -2.20. The molecule has 33 heavy (non-hydrogen) atoms. The maximum Gasteiger partial charge on any atom is 0.271 e. The molecule has 172 valence electrons. The molecule has 0 bridgehead atoms. The Balaban J connectivity index is 1.37. The molecule has 3 N–H and O–H groups in total. The number of fused-ring (bicyclic) bond motifs is 1. The van der Waals surface area contributed by atoms with Crippen molar-refractivity contribution in [3.8, 4) is 0 Å². The number of rotatable bonds is 4. The minimum atomic E-state index is -0.788. The van der Waals surface area contributed by atoms with Crippen LogP contribution in [-0.2, 0) is 19.2 Å². The monoisotopic (exact) mass is 454 g/mol. The standard InChI is InChI=1S/C23H23FN4O5/c1-11-18(8-16-15-7-13(24)3-4-17(15)26-21(16)29)25-12(2)20(11)22(30)27-19-10-33-28(23(19)31)14-5-6-32-9-14/h3-4,7-8,14,19,25H,5-6,9-10H2,1-2H3,(H,26,29)(H,27,30)/b16-8-/t14?,19-/m1/s1. The Morgan fingerprint density at radius 1 is 1.27 bits per heavy atom. The Kier molecular flexibility index (Phi) is 5.26. The van der Waals surface area contributed by atoms with Gasteiger partial charge in [0, 0.05) is 29.2 Å². The summed E-state index contributed by atoms with van der Waals surface area (Å²) in [6, 6.07) is 3.16. The molecular weight excluding hydrogens is 431 g/mol. The predicted molar refractivity (Wildman–Crippen MR) is 116 cm³/mol. The average Bonchev–Trinajstić information content (AvgIpc) is 3.53. The topological polar surface area (TPSA) is 113 Å². The zero-order valence-corrected chi connectivity index (χ0v) is 18.2. The summed E-state index contributed by atoms with van der Waals surface area (Å²) in [7, 11) is 0. The summed E-state index contributed by atoms with van der Waals surface area (Å²) in [5, 5.41) is 6.77. The van der Waals surface area contributed by atoms with Crippen molar-refractivity contribution >= 4 is 35.1 Å². The van der Waals surface area contributed by atoms with E-state index in [1.807, 2.05) is 0 Å². The predicted octanol–water partition coefficient (Wildman–Crippen LogP) is 1.92. The molecule has 3 aliphatic rings. The van der Waals surface area contributed by atoms with Gasteiger partial charge in [-0.3, -0.25) is 19.2 Å². The molecule has 2 atom stereocenters. The third-order valence-corrected chi connectivity index (χ3v) is 6.19. The molecule has 0 radical (unpaired) electrons. The van der Waals surface area contributed by atoms with Crippen molar-refractivity contribution in [2.45, 2.75) is 32.4 Å². The number of carbonyl (C=O) groups excluding carboxylic acids is 3. The van der Waals surface area contributed by atoms with E-state index >= 15 is 0 Å². The summed E-state index contributed by atoms with van der Waals surface area (Å²) in [6.45, 7) is 4.54. The zero-order valence-electron chi connectivity index (χ0n) is 18.2. The molecule has 2 aromatic rings. The highest BCUT2D eigenvalue weighted by atomic mass is 19.1. The summed E-state index contributed by atoms with van der Waals surface area (Å²) in [5.74, 6) is -1.51. The van der Waals surface area contributed by atoms with E-state index < -0.39 is 17.8 Å². The zero-order chi connectivity index (χ0) is 23.3. The molecule has 3 amide bonds. The number of nitrogens with one attached hydrogen (secondary N) is 3. The number of amides is 3. The highest BCUT2D eigenvalue weighted by Crippen LogP contribution is 2.34. The first kappa shape index (κ1) is 21.4. The molecule has 4 heterocycles. The number of anilines is 1. The third kappa shape index (κ3) is 3.70. The number of carbonyl (C=O) groups is 3. The fourth-order valence-electron chi connectivity index (χ4n) is 4.48. The second kappa shape index (κ2) is 8.13. The second-order valence-electron chi connectivity index (χ2n) is 8.37. The molecular formula is C23H23FN4O5. The van der Waals surface area contributed by atoms with Gasteiger partial charge in [0.2, 0.25) is 0 Å². The number of hydrogen-bond acceptors (Lipinski definition) is 5. The third-order valence-electron chi connectivity index (χ3n) is 6.19. The summed E-state index contributed by atoms with van der Waals surface area (Å²) in [6.07, 6.45) is 2.30. The average molecular weight is 454 g/mol. The van der Waals surface area contributed by atoms with Crippen LogP contribution in [0.25, 0.3) is 11.6 Å². The van der Waals surface area contributed by atoms with Crippen LogP contribution in [0.4, 0.5) is 10.1 Å². The van der Waals surface area contributed by atoms with Crippen LogP contribution in [0, 0.1) is 19.7 Å². The van der Waals surface area contributed by atoms with Crippen LogP contribution in [0.2, 0.25) is 0 Å². The van der Waals surface area contributed by atoms with E-state index in [2.05, 4.69) is 15.6 Å². The van der Waals surface area contributed by atoms with Gasteiger partial charge in [-0.15, -0.1) is 0 Å². The van der Waals surface area contributed by atoms with Gasteiger partial charge in [-0.2, -0.15) is 0 Å². The number of aromatic nitrogens is 1. The maximum atomic E-state index is 13.7. The first-order chi connectivity index (χ1) is 15.8. The van der Waals surface area contributed by atoms with Crippen molar-refractivity contribution in [3.05, 3.63) is 52.1 Å². The minimum absolute atomic E-state index is 0.0586.